The van der Waals surface area contributed by atoms with Crippen LogP contribution in [0.2, 0.25) is 0 Å². The van der Waals surface area contributed by atoms with Crippen LogP contribution < -0.4 is 15.5 Å². The van der Waals surface area contributed by atoms with Gasteiger partial charge >= 0.3 is 0 Å². The standard InChI is InChI=1S/C28H41N5O4/c1-5-31(6-2)20-11-9-19(10-12-20)26(35)30-22(16-18(3)4)28(37)32-15-13-23-25(32)24(34)17-33(23)27(36)21-8-7-14-29-21/h9-12,18,21-23,25,29H,5-8,13-17H2,1-4H3,(H,30,35). The van der Waals surface area contributed by atoms with Crippen molar-refractivity contribution in [2.75, 3.05) is 37.6 Å². The number of rotatable bonds is 9. The lowest BCUT2D eigenvalue weighted by Gasteiger charge is -2.29. The van der Waals surface area contributed by atoms with E-state index in [2.05, 4.69) is 29.4 Å². The summed E-state index contributed by atoms with van der Waals surface area (Å²) in [7, 11) is 0. The molecular weight excluding hydrogens is 470 g/mol. The Morgan fingerprint density at radius 2 is 1.78 bits per heavy atom. The molecule has 4 rings (SSSR count). The summed E-state index contributed by atoms with van der Waals surface area (Å²) in [6, 6.07) is 5.54. The molecule has 1 aromatic rings. The van der Waals surface area contributed by atoms with Crippen molar-refractivity contribution in [2.45, 2.75) is 77.5 Å². The Balaban J connectivity index is 1.46. The molecule has 3 fully saturated rings. The van der Waals surface area contributed by atoms with Gasteiger partial charge in [0.25, 0.3) is 5.91 Å². The Kier molecular flexibility index (Phi) is 8.52. The number of carbonyl (C=O) groups excluding carboxylic acids is 4. The summed E-state index contributed by atoms with van der Waals surface area (Å²) >= 11 is 0. The van der Waals surface area contributed by atoms with Crippen molar-refractivity contribution in [1.29, 1.82) is 0 Å². The summed E-state index contributed by atoms with van der Waals surface area (Å²) < 4.78 is 0. The molecule has 3 aliphatic heterocycles. The maximum atomic E-state index is 13.7. The van der Waals surface area contributed by atoms with Crippen molar-refractivity contribution < 1.29 is 19.2 Å². The Morgan fingerprint density at radius 3 is 2.38 bits per heavy atom. The number of Topliss-reactive ketones (excluding diaryl/α,β-unsaturated/α-hetero) is 1. The molecule has 37 heavy (non-hydrogen) atoms. The van der Waals surface area contributed by atoms with Crippen LogP contribution in [0.5, 0.6) is 0 Å². The lowest BCUT2D eigenvalue weighted by atomic mass is 10.0. The van der Waals surface area contributed by atoms with Gasteiger partial charge in [-0.15, -0.1) is 0 Å². The Labute approximate surface area is 219 Å². The number of fused-ring (bicyclic) bond motifs is 1. The minimum Gasteiger partial charge on any atom is -0.372 e. The molecule has 2 N–H and O–H groups in total. The predicted octanol–water partition coefficient (Wildman–Crippen LogP) is 1.81. The van der Waals surface area contributed by atoms with E-state index in [-0.39, 0.29) is 48.1 Å². The van der Waals surface area contributed by atoms with Gasteiger partial charge in [-0.2, -0.15) is 0 Å². The Morgan fingerprint density at radius 1 is 1.08 bits per heavy atom. The molecule has 202 valence electrons. The number of benzene rings is 1. The first kappa shape index (κ1) is 27.1. The summed E-state index contributed by atoms with van der Waals surface area (Å²) in [4.78, 5) is 58.4. The van der Waals surface area contributed by atoms with E-state index in [9.17, 15) is 19.2 Å². The van der Waals surface area contributed by atoms with E-state index in [1.807, 2.05) is 26.0 Å². The van der Waals surface area contributed by atoms with Crippen LogP contribution >= 0.6 is 0 Å². The molecule has 0 aromatic heterocycles. The van der Waals surface area contributed by atoms with Crippen LogP contribution in [0.4, 0.5) is 5.69 Å². The highest BCUT2D eigenvalue weighted by molar-refractivity contribution is 6.01. The molecule has 3 aliphatic rings. The zero-order valence-electron chi connectivity index (χ0n) is 22.5. The Bertz CT molecular complexity index is 1000. The highest BCUT2D eigenvalue weighted by Gasteiger charge is 2.53. The second-order valence-electron chi connectivity index (χ2n) is 10.8. The third-order valence-electron chi connectivity index (χ3n) is 7.92. The van der Waals surface area contributed by atoms with Crippen LogP contribution in [-0.2, 0) is 14.4 Å². The maximum Gasteiger partial charge on any atom is 0.251 e. The van der Waals surface area contributed by atoms with E-state index in [1.54, 1.807) is 21.9 Å². The van der Waals surface area contributed by atoms with Gasteiger partial charge in [0.1, 0.15) is 12.1 Å². The van der Waals surface area contributed by atoms with Crippen molar-refractivity contribution in [3.8, 4) is 0 Å². The molecule has 1 aromatic carbocycles. The van der Waals surface area contributed by atoms with Crippen molar-refractivity contribution >= 4 is 29.2 Å². The summed E-state index contributed by atoms with van der Waals surface area (Å²) in [6.45, 7) is 11.2. The van der Waals surface area contributed by atoms with Gasteiger partial charge in [-0.25, -0.2) is 0 Å². The number of nitrogens with zero attached hydrogens (tertiary/aromatic N) is 3. The summed E-state index contributed by atoms with van der Waals surface area (Å²) in [6.07, 6.45) is 2.78. The first-order valence-corrected chi connectivity index (χ1v) is 13.8. The number of hydrogen-bond acceptors (Lipinski definition) is 6. The molecule has 3 heterocycles. The van der Waals surface area contributed by atoms with Gasteiger partial charge in [-0.05, 0) is 76.3 Å². The van der Waals surface area contributed by atoms with Gasteiger partial charge < -0.3 is 25.3 Å². The summed E-state index contributed by atoms with van der Waals surface area (Å²) in [5, 5.41) is 6.17. The maximum absolute atomic E-state index is 13.7. The van der Waals surface area contributed by atoms with E-state index < -0.39 is 12.1 Å². The topological polar surface area (TPSA) is 102 Å². The lowest BCUT2D eigenvalue weighted by molar-refractivity contribution is -0.138. The predicted molar refractivity (Wildman–Crippen MR) is 142 cm³/mol. The van der Waals surface area contributed by atoms with Gasteiger partial charge in [0, 0.05) is 30.9 Å². The van der Waals surface area contributed by atoms with E-state index in [0.717, 1.165) is 38.2 Å². The van der Waals surface area contributed by atoms with Crippen LogP contribution in [0.25, 0.3) is 0 Å². The van der Waals surface area contributed by atoms with Crippen molar-refractivity contribution in [3.63, 3.8) is 0 Å². The molecule has 9 nitrogen and oxygen atoms in total. The number of nitrogens with one attached hydrogen (secondary N) is 2. The molecule has 3 saturated heterocycles. The third-order valence-corrected chi connectivity index (χ3v) is 7.92. The van der Waals surface area contributed by atoms with Crippen LogP contribution in [-0.4, -0.2) is 90.2 Å². The van der Waals surface area contributed by atoms with Crippen LogP contribution in [0.3, 0.4) is 0 Å². The van der Waals surface area contributed by atoms with Crippen molar-refractivity contribution in [3.05, 3.63) is 29.8 Å². The third kappa shape index (κ3) is 5.66. The quantitative estimate of drug-likeness (QED) is 0.524. The number of anilines is 1. The van der Waals surface area contributed by atoms with Gasteiger partial charge in [0.05, 0.1) is 18.6 Å². The highest BCUT2D eigenvalue weighted by Crippen LogP contribution is 2.32. The molecule has 0 saturated carbocycles. The van der Waals surface area contributed by atoms with Gasteiger partial charge in [0.2, 0.25) is 11.8 Å². The zero-order chi connectivity index (χ0) is 26.7. The van der Waals surface area contributed by atoms with E-state index in [1.165, 1.54) is 0 Å². The van der Waals surface area contributed by atoms with Crippen LogP contribution in [0.15, 0.2) is 24.3 Å². The van der Waals surface area contributed by atoms with E-state index >= 15 is 0 Å². The lowest BCUT2D eigenvalue weighted by Crippen LogP contribution is -2.53. The molecule has 0 spiro atoms. The molecule has 4 unspecified atom stereocenters. The zero-order valence-corrected chi connectivity index (χ0v) is 22.5. The largest absolute Gasteiger partial charge is 0.372 e. The van der Waals surface area contributed by atoms with Crippen molar-refractivity contribution in [1.82, 2.24) is 20.4 Å². The van der Waals surface area contributed by atoms with Crippen molar-refractivity contribution in [2.24, 2.45) is 5.92 Å². The molecule has 3 amide bonds. The summed E-state index contributed by atoms with van der Waals surface area (Å²) in [5.41, 5.74) is 1.54. The highest BCUT2D eigenvalue weighted by atomic mass is 16.2. The van der Waals surface area contributed by atoms with Gasteiger partial charge in [-0.3, -0.25) is 19.2 Å². The fourth-order valence-electron chi connectivity index (χ4n) is 6.00. The molecule has 0 bridgehead atoms. The number of amides is 3. The second kappa shape index (κ2) is 11.6. The van der Waals surface area contributed by atoms with Crippen LogP contribution in [0, 0.1) is 5.92 Å². The minimum atomic E-state index is -0.734. The first-order chi connectivity index (χ1) is 17.7. The first-order valence-electron chi connectivity index (χ1n) is 13.8. The Hall–Kier alpha value is -2.94. The fourth-order valence-corrected chi connectivity index (χ4v) is 6.00. The van der Waals surface area contributed by atoms with E-state index in [4.69, 9.17) is 0 Å². The fraction of sp³-hybridized carbons (Fsp3) is 0.643. The smallest absolute Gasteiger partial charge is 0.251 e. The second-order valence-corrected chi connectivity index (χ2v) is 10.8. The molecule has 0 radical (unpaired) electrons. The monoisotopic (exact) mass is 511 g/mol. The normalized spacial score (nSPS) is 23.9. The molecular formula is C28H41N5O4. The van der Waals surface area contributed by atoms with Crippen LogP contribution in [0.1, 0.15) is 63.7 Å². The minimum absolute atomic E-state index is 0.0344. The average molecular weight is 512 g/mol. The molecule has 9 heteroatoms. The van der Waals surface area contributed by atoms with E-state index in [0.29, 0.717) is 24.9 Å². The SMILES string of the molecule is CCN(CC)c1ccc(C(=O)NC(CC(C)C)C(=O)N2CCC3C2C(=O)CN3C(=O)C2CCCN2)cc1. The van der Waals surface area contributed by atoms with Gasteiger partial charge in [-0.1, -0.05) is 13.8 Å². The average Bonchev–Trinajstić information content (AvgIpc) is 3.63. The molecule has 0 aliphatic carbocycles. The van der Waals surface area contributed by atoms with Gasteiger partial charge in [0.15, 0.2) is 5.78 Å². The number of ketones is 1. The number of carbonyl (C=O) groups is 4. The number of hydrogen-bond donors (Lipinski definition) is 2. The number of likely N-dealkylation sites (tertiary alicyclic amines) is 2. The molecule has 4 atom stereocenters. The summed E-state index contributed by atoms with van der Waals surface area (Å²) in [5.74, 6) is -0.501.